The van der Waals surface area contributed by atoms with Crippen LogP contribution in [0, 0.1) is 6.92 Å². The van der Waals surface area contributed by atoms with E-state index in [9.17, 15) is 4.79 Å². The summed E-state index contributed by atoms with van der Waals surface area (Å²) in [6, 6.07) is 1.47. The van der Waals surface area contributed by atoms with Gasteiger partial charge in [-0.05, 0) is 13.0 Å². The molecule has 2 aromatic rings. The second kappa shape index (κ2) is 5.25. The molecule has 18 heavy (non-hydrogen) atoms. The molecule has 0 radical (unpaired) electrons. The molecule has 1 amide bonds. The van der Waals surface area contributed by atoms with Crippen LogP contribution in [-0.2, 0) is 0 Å². The second-order valence-electron chi connectivity index (χ2n) is 3.30. The van der Waals surface area contributed by atoms with Crippen molar-refractivity contribution in [2.45, 2.75) is 6.92 Å². The summed E-state index contributed by atoms with van der Waals surface area (Å²) in [5, 5.41) is 3.29. The van der Waals surface area contributed by atoms with Gasteiger partial charge in [-0.25, -0.2) is 15.8 Å². The fourth-order valence-corrected chi connectivity index (χ4v) is 1.98. The van der Waals surface area contributed by atoms with E-state index < -0.39 is 0 Å². The van der Waals surface area contributed by atoms with Crippen LogP contribution in [-0.4, -0.2) is 20.2 Å². The summed E-state index contributed by atoms with van der Waals surface area (Å²) in [4.78, 5) is 19.8. The van der Waals surface area contributed by atoms with Crippen molar-refractivity contribution in [2.24, 2.45) is 5.84 Å². The van der Waals surface area contributed by atoms with Crippen LogP contribution in [0.1, 0.15) is 16.2 Å². The lowest BCUT2D eigenvalue weighted by atomic mass is 10.2. The highest BCUT2D eigenvalue weighted by atomic mass is 35.5. The molecule has 2 heterocycles. The van der Waals surface area contributed by atoms with E-state index in [1.165, 1.54) is 12.3 Å². The molecule has 7 nitrogen and oxygen atoms in total. The number of nitrogens with one attached hydrogen (secondary N) is 2. The SMILES string of the molecule is Cc1nsc(NC(=O)c2cnc(NN)c(Cl)c2)n1. The predicted octanol–water partition coefficient (Wildman–Crippen LogP) is 1.43. The number of aryl methyl sites for hydroxylation is 1. The van der Waals surface area contributed by atoms with Crippen molar-refractivity contribution >= 4 is 40.0 Å². The van der Waals surface area contributed by atoms with Crippen molar-refractivity contribution in [3.05, 3.63) is 28.7 Å². The van der Waals surface area contributed by atoms with Crippen molar-refractivity contribution in [1.82, 2.24) is 14.3 Å². The molecule has 0 aliphatic carbocycles. The molecular weight excluding hydrogens is 276 g/mol. The highest BCUT2D eigenvalue weighted by molar-refractivity contribution is 7.09. The number of hydrogen-bond donors (Lipinski definition) is 3. The third-order valence-corrected chi connectivity index (χ3v) is 3.00. The number of halogens is 1. The van der Waals surface area contributed by atoms with Crippen LogP contribution in [0.4, 0.5) is 10.9 Å². The number of anilines is 2. The summed E-state index contributed by atoms with van der Waals surface area (Å²) in [6.07, 6.45) is 1.37. The van der Waals surface area contributed by atoms with Gasteiger partial charge in [0.25, 0.3) is 5.91 Å². The van der Waals surface area contributed by atoms with E-state index in [4.69, 9.17) is 17.4 Å². The molecule has 94 valence electrons. The van der Waals surface area contributed by atoms with Gasteiger partial charge in [0, 0.05) is 17.7 Å². The van der Waals surface area contributed by atoms with Crippen molar-refractivity contribution in [3.63, 3.8) is 0 Å². The molecule has 2 aromatic heterocycles. The summed E-state index contributed by atoms with van der Waals surface area (Å²) in [5.41, 5.74) is 2.63. The molecule has 0 fully saturated rings. The van der Waals surface area contributed by atoms with Gasteiger partial charge in [0.05, 0.1) is 10.6 Å². The minimum atomic E-state index is -0.357. The normalized spacial score (nSPS) is 10.2. The Hall–Kier alpha value is -1.77. The Balaban J connectivity index is 2.16. The van der Waals surface area contributed by atoms with Gasteiger partial charge in [-0.3, -0.25) is 10.1 Å². The molecule has 0 aliphatic rings. The number of hydrazine groups is 1. The van der Waals surface area contributed by atoms with Crippen LogP contribution in [0.25, 0.3) is 0 Å². The van der Waals surface area contributed by atoms with Crippen LogP contribution >= 0.6 is 23.1 Å². The first kappa shape index (κ1) is 12.7. The number of amides is 1. The number of carbonyl (C=O) groups is 1. The number of hydrogen-bond acceptors (Lipinski definition) is 7. The van der Waals surface area contributed by atoms with Gasteiger partial charge in [0.1, 0.15) is 5.82 Å². The fourth-order valence-electron chi connectivity index (χ4n) is 1.19. The average Bonchev–Trinajstić information content (AvgIpc) is 2.74. The van der Waals surface area contributed by atoms with Gasteiger partial charge >= 0.3 is 0 Å². The first-order chi connectivity index (χ1) is 8.60. The number of rotatable bonds is 3. The summed E-state index contributed by atoms with van der Waals surface area (Å²) >= 11 is 6.98. The minimum absolute atomic E-state index is 0.263. The molecule has 0 saturated carbocycles. The monoisotopic (exact) mass is 284 g/mol. The van der Waals surface area contributed by atoms with E-state index in [2.05, 4.69) is 25.1 Å². The van der Waals surface area contributed by atoms with Crippen LogP contribution < -0.4 is 16.6 Å². The molecule has 0 aromatic carbocycles. The molecule has 0 aliphatic heterocycles. The number of nitrogen functional groups attached to an aromatic ring is 1. The van der Waals surface area contributed by atoms with Gasteiger partial charge in [0.2, 0.25) is 5.13 Å². The average molecular weight is 285 g/mol. The Morgan fingerprint density at radius 2 is 2.33 bits per heavy atom. The second-order valence-corrected chi connectivity index (χ2v) is 4.46. The molecule has 0 bridgehead atoms. The molecule has 2 rings (SSSR count). The topological polar surface area (TPSA) is 106 Å². The molecule has 0 spiro atoms. The molecule has 0 atom stereocenters. The molecule has 4 N–H and O–H groups in total. The van der Waals surface area contributed by atoms with E-state index in [0.29, 0.717) is 22.3 Å². The van der Waals surface area contributed by atoms with Crippen LogP contribution in [0.5, 0.6) is 0 Å². The van der Waals surface area contributed by atoms with E-state index in [1.54, 1.807) is 6.92 Å². The molecular formula is C9H9ClN6OS. The van der Waals surface area contributed by atoms with E-state index in [0.717, 1.165) is 11.5 Å². The lowest BCUT2D eigenvalue weighted by Gasteiger charge is -2.04. The van der Waals surface area contributed by atoms with Crippen molar-refractivity contribution in [1.29, 1.82) is 0 Å². The van der Waals surface area contributed by atoms with Crippen LogP contribution in [0.15, 0.2) is 12.3 Å². The quantitative estimate of drug-likeness (QED) is 0.581. The first-order valence-electron chi connectivity index (χ1n) is 4.84. The Labute approximate surface area is 112 Å². The number of nitrogens with two attached hydrogens (primary N) is 1. The zero-order valence-electron chi connectivity index (χ0n) is 9.27. The predicted molar refractivity (Wildman–Crippen MR) is 69.7 cm³/mol. The first-order valence-corrected chi connectivity index (χ1v) is 5.99. The Bertz CT molecular complexity index is 586. The van der Waals surface area contributed by atoms with Gasteiger partial charge in [-0.2, -0.15) is 4.37 Å². The zero-order chi connectivity index (χ0) is 13.1. The Kier molecular flexibility index (Phi) is 3.70. The highest BCUT2D eigenvalue weighted by Gasteiger charge is 2.11. The van der Waals surface area contributed by atoms with Crippen molar-refractivity contribution in [3.8, 4) is 0 Å². The number of aromatic nitrogens is 3. The maximum Gasteiger partial charge on any atom is 0.259 e. The highest BCUT2D eigenvalue weighted by Crippen LogP contribution is 2.20. The maximum atomic E-state index is 11.9. The van der Waals surface area contributed by atoms with Crippen molar-refractivity contribution < 1.29 is 4.79 Å². The summed E-state index contributed by atoms with van der Waals surface area (Å²) in [7, 11) is 0. The van der Waals surface area contributed by atoms with Crippen molar-refractivity contribution in [2.75, 3.05) is 10.7 Å². The molecule has 9 heteroatoms. The number of carbonyl (C=O) groups excluding carboxylic acids is 1. The molecule has 0 saturated heterocycles. The smallest absolute Gasteiger partial charge is 0.259 e. The fraction of sp³-hybridized carbons (Fsp3) is 0.111. The number of pyridine rings is 1. The summed E-state index contributed by atoms with van der Waals surface area (Å²) < 4.78 is 3.96. The largest absolute Gasteiger partial charge is 0.307 e. The van der Waals surface area contributed by atoms with Gasteiger partial charge in [-0.15, -0.1) is 0 Å². The van der Waals surface area contributed by atoms with Crippen LogP contribution in [0.2, 0.25) is 5.02 Å². The molecule has 0 unspecified atom stereocenters. The van der Waals surface area contributed by atoms with Gasteiger partial charge in [0.15, 0.2) is 5.82 Å². The Morgan fingerprint density at radius 1 is 1.56 bits per heavy atom. The standard InChI is InChI=1S/C9H9ClN6OS/c1-4-13-9(18-16-4)14-8(17)5-2-6(10)7(15-11)12-3-5/h2-3H,11H2,1H3,(H,12,15)(H,13,14,16,17). The van der Waals surface area contributed by atoms with Gasteiger partial charge in [-0.1, -0.05) is 11.6 Å². The summed E-state index contributed by atoms with van der Waals surface area (Å²) in [5.74, 6) is 5.74. The van der Waals surface area contributed by atoms with Crippen LogP contribution in [0.3, 0.4) is 0 Å². The van der Waals surface area contributed by atoms with E-state index in [-0.39, 0.29) is 10.9 Å². The third-order valence-electron chi connectivity index (χ3n) is 1.99. The van der Waals surface area contributed by atoms with E-state index in [1.807, 2.05) is 0 Å². The maximum absolute atomic E-state index is 11.9. The number of nitrogens with zero attached hydrogens (tertiary/aromatic N) is 3. The van der Waals surface area contributed by atoms with Gasteiger partial charge < -0.3 is 5.43 Å². The lowest BCUT2D eigenvalue weighted by Crippen LogP contribution is -2.14. The van der Waals surface area contributed by atoms with E-state index >= 15 is 0 Å². The lowest BCUT2D eigenvalue weighted by molar-refractivity contribution is 0.102. The zero-order valence-corrected chi connectivity index (χ0v) is 10.8. The third kappa shape index (κ3) is 2.73. The minimum Gasteiger partial charge on any atom is -0.307 e. The Morgan fingerprint density at radius 3 is 2.89 bits per heavy atom. The summed E-state index contributed by atoms with van der Waals surface area (Å²) in [6.45, 7) is 1.74.